The first-order chi connectivity index (χ1) is 9.75. The van der Waals surface area contributed by atoms with Gasteiger partial charge in [0.15, 0.2) is 5.82 Å². The number of piperazine rings is 1. The topological polar surface area (TPSA) is 74.5 Å². The quantitative estimate of drug-likeness (QED) is 0.885. The first-order valence-electron chi connectivity index (χ1n) is 6.44. The van der Waals surface area contributed by atoms with Crippen LogP contribution in [0.5, 0.6) is 0 Å². The van der Waals surface area contributed by atoms with Crippen LogP contribution in [0.15, 0.2) is 36.7 Å². The molecule has 0 aromatic carbocycles. The Morgan fingerprint density at radius 2 is 1.90 bits per heavy atom. The number of carboxylic acid groups (broad SMARTS) is 1. The van der Waals surface area contributed by atoms with Gasteiger partial charge in [0.05, 0.1) is 6.20 Å². The van der Waals surface area contributed by atoms with Crippen LogP contribution >= 0.6 is 0 Å². The first-order valence-corrected chi connectivity index (χ1v) is 6.44. The normalized spacial score (nSPS) is 15.4. The summed E-state index contributed by atoms with van der Waals surface area (Å²) in [5, 5.41) is 13.3. The van der Waals surface area contributed by atoms with Crippen molar-refractivity contribution in [3.63, 3.8) is 0 Å². The van der Waals surface area contributed by atoms with Crippen LogP contribution in [0.25, 0.3) is 5.82 Å². The molecule has 0 bridgehead atoms. The van der Waals surface area contributed by atoms with Crippen molar-refractivity contribution < 1.29 is 9.90 Å². The van der Waals surface area contributed by atoms with E-state index in [4.69, 9.17) is 5.11 Å². The number of hydrogen-bond donors (Lipinski definition) is 1. The molecule has 104 valence electrons. The molecule has 1 aliphatic heterocycles. The predicted molar refractivity (Wildman–Crippen MR) is 73.2 cm³/mol. The van der Waals surface area contributed by atoms with Crippen LogP contribution in [0.3, 0.4) is 0 Å². The molecule has 1 amide bonds. The number of nitrogens with zero attached hydrogens (tertiary/aromatic N) is 5. The van der Waals surface area contributed by atoms with E-state index >= 15 is 0 Å². The molecule has 7 nitrogen and oxygen atoms in total. The van der Waals surface area contributed by atoms with Crippen LogP contribution in [0.1, 0.15) is 0 Å². The fourth-order valence-corrected chi connectivity index (χ4v) is 2.32. The molecule has 0 saturated carbocycles. The third-order valence-corrected chi connectivity index (χ3v) is 3.36. The maximum Gasteiger partial charge on any atom is 0.407 e. The molecular formula is C13H15N5O2. The summed E-state index contributed by atoms with van der Waals surface area (Å²) in [4.78, 5) is 18.8. The molecule has 20 heavy (non-hydrogen) atoms. The third-order valence-electron chi connectivity index (χ3n) is 3.36. The summed E-state index contributed by atoms with van der Waals surface area (Å²) in [6.45, 7) is 2.32. The third kappa shape index (κ3) is 2.29. The van der Waals surface area contributed by atoms with E-state index in [1.807, 2.05) is 24.3 Å². The largest absolute Gasteiger partial charge is 0.465 e. The van der Waals surface area contributed by atoms with Crippen LogP contribution < -0.4 is 4.90 Å². The Balaban J connectivity index is 1.80. The molecule has 7 heteroatoms. The summed E-state index contributed by atoms with van der Waals surface area (Å²) in [6.07, 6.45) is 2.60. The lowest BCUT2D eigenvalue weighted by Gasteiger charge is -2.34. The molecule has 3 heterocycles. The van der Waals surface area contributed by atoms with Crippen LogP contribution in [0.2, 0.25) is 0 Å². The number of carbonyl (C=O) groups is 1. The Labute approximate surface area is 116 Å². The van der Waals surface area contributed by atoms with E-state index in [9.17, 15) is 4.79 Å². The van der Waals surface area contributed by atoms with E-state index in [0.29, 0.717) is 26.2 Å². The zero-order chi connectivity index (χ0) is 13.9. The van der Waals surface area contributed by atoms with Crippen molar-refractivity contribution in [2.75, 3.05) is 31.1 Å². The number of rotatable bonds is 2. The summed E-state index contributed by atoms with van der Waals surface area (Å²) in [6, 6.07) is 7.59. The number of amides is 1. The number of hydrogen-bond acceptors (Lipinski definition) is 4. The van der Waals surface area contributed by atoms with Gasteiger partial charge in [-0.2, -0.15) is 9.78 Å². The summed E-state index contributed by atoms with van der Waals surface area (Å²) < 4.78 is 1.77. The highest BCUT2D eigenvalue weighted by atomic mass is 16.4. The Morgan fingerprint density at radius 1 is 1.10 bits per heavy atom. The highest BCUT2D eigenvalue weighted by Gasteiger charge is 2.22. The van der Waals surface area contributed by atoms with Crippen molar-refractivity contribution >= 4 is 11.9 Å². The van der Waals surface area contributed by atoms with Crippen LogP contribution in [-0.2, 0) is 0 Å². The van der Waals surface area contributed by atoms with E-state index in [-0.39, 0.29) is 0 Å². The van der Waals surface area contributed by atoms with E-state index in [1.165, 1.54) is 4.90 Å². The van der Waals surface area contributed by atoms with Crippen molar-refractivity contribution in [1.29, 1.82) is 0 Å². The van der Waals surface area contributed by atoms with Crippen molar-refractivity contribution in [3.8, 4) is 5.82 Å². The molecule has 1 N–H and O–H groups in total. The minimum atomic E-state index is -0.858. The Kier molecular flexibility index (Phi) is 3.24. The van der Waals surface area contributed by atoms with Gasteiger partial charge in [-0.15, -0.1) is 0 Å². The van der Waals surface area contributed by atoms with Gasteiger partial charge >= 0.3 is 6.09 Å². The number of pyridine rings is 1. The second-order valence-electron chi connectivity index (χ2n) is 4.55. The fraction of sp³-hybridized carbons (Fsp3) is 0.308. The minimum absolute atomic E-state index is 0.503. The predicted octanol–water partition coefficient (Wildman–Crippen LogP) is 1.07. The maximum atomic E-state index is 10.9. The van der Waals surface area contributed by atoms with E-state index < -0.39 is 6.09 Å². The van der Waals surface area contributed by atoms with Crippen molar-refractivity contribution in [2.24, 2.45) is 0 Å². The molecule has 1 fully saturated rings. The monoisotopic (exact) mass is 273 g/mol. The second-order valence-corrected chi connectivity index (χ2v) is 4.55. The van der Waals surface area contributed by atoms with Gasteiger partial charge in [0.1, 0.15) is 5.82 Å². The Hall–Kier alpha value is -2.57. The lowest BCUT2D eigenvalue weighted by molar-refractivity contribution is 0.142. The molecule has 3 rings (SSSR count). The minimum Gasteiger partial charge on any atom is -0.465 e. The standard InChI is InChI=1S/C13H15N5O2/c19-13(20)17-9-7-16(8-10-17)12-4-6-15-18(12)11-3-1-2-5-14-11/h1-6H,7-10H2,(H,19,20). The summed E-state index contributed by atoms with van der Waals surface area (Å²) in [5.41, 5.74) is 0. The maximum absolute atomic E-state index is 10.9. The summed E-state index contributed by atoms with van der Waals surface area (Å²) in [5.74, 6) is 1.70. The van der Waals surface area contributed by atoms with Gasteiger partial charge in [-0.1, -0.05) is 6.07 Å². The Bertz CT molecular complexity index is 590. The average Bonchev–Trinajstić information content (AvgIpc) is 2.97. The molecule has 1 aliphatic rings. The van der Waals surface area contributed by atoms with E-state index in [0.717, 1.165) is 11.6 Å². The molecule has 1 saturated heterocycles. The molecule has 0 radical (unpaired) electrons. The number of anilines is 1. The first kappa shape index (κ1) is 12.5. The summed E-state index contributed by atoms with van der Waals surface area (Å²) in [7, 11) is 0. The molecule has 0 spiro atoms. The highest BCUT2D eigenvalue weighted by Crippen LogP contribution is 2.19. The molecule has 0 unspecified atom stereocenters. The van der Waals surface area contributed by atoms with Gasteiger partial charge in [0.25, 0.3) is 0 Å². The van der Waals surface area contributed by atoms with Gasteiger partial charge in [0, 0.05) is 38.4 Å². The molecule has 2 aromatic heterocycles. The zero-order valence-corrected chi connectivity index (χ0v) is 10.9. The van der Waals surface area contributed by atoms with Gasteiger partial charge in [-0.3, -0.25) is 0 Å². The molecule has 2 aromatic rings. The van der Waals surface area contributed by atoms with E-state index in [1.54, 1.807) is 17.1 Å². The lowest BCUT2D eigenvalue weighted by Crippen LogP contribution is -2.48. The van der Waals surface area contributed by atoms with Gasteiger partial charge < -0.3 is 14.9 Å². The van der Waals surface area contributed by atoms with Crippen LogP contribution in [0, 0.1) is 0 Å². The fourth-order valence-electron chi connectivity index (χ4n) is 2.32. The Morgan fingerprint density at radius 3 is 2.55 bits per heavy atom. The van der Waals surface area contributed by atoms with E-state index in [2.05, 4.69) is 15.0 Å². The smallest absolute Gasteiger partial charge is 0.407 e. The zero-order valence-electron chi connectivity index (χ0n) is 10.9. The number of aromatic nitrogens is 3. The van der Waals surface area contributed by atoms with Crippen LogP contribution in [-0.4, -0.2) is 57.0 Å². The lowest BCUT2D eigenvalue weighted by atomic mass is 10.3. The van der Waals surface area contributed by atoms with Gasteiger partial charge in [0.2, 0.25) is 0 Å². The van der Waals surface area contributed by atoms with Gasteiger partial charge in [-0.05, 0) is 12.1 Å². The van der Waals surface area contributed by atoms with Crippen molar-refractivity contribution in [2.45, 2.75) is 0 Å². The van der Waals surface area contributed by atoms with Crippen molar-refractivity contribution in [1.82, 2.24) is 19.7 Å². The van der Waals surface area contributed by atoms with Crippen molar-refractivity contribution in [3.05, 3.63) is 36.7 Å². The molecular weight excluding hydrogens is 258 g/mol. The second kappa shape index (κ2) is 5.20. The molecule has 0 aliphatic carbocycles. The molecule has 0 atom stereocenters. The van der Waals surface area contributed by atoms with Gasteiger partial charge in [-0.25, -0.2) is 9.78 Å². The summed E-state index contributed by atoms with van der Waals surface area (Å²) >= 11 is 0. The highest BCUT2D eigenvalue weighted by molar-refractivity contribution is 5.65. The SMILES string of the molecule is O=C(O)N1CCN(c2ccnn2-c2ccccn2)CC1. The average molecular weight is 273 g/mol. The van der Waals surface area contributed by atoms with Crippen LogP contribution in [0.4, 0.5) is 10.6 Å².